The maximum atomic E-state index is 13.6. The summed E-state index contributed by atoms with van der Waals surface area (Å²) in [5.74, 6) is 1.16. The van der Waals surface area contributed by atoms with Gasteiger partial charge in [0.15, 0.2) is 16.6 Å². The lowest BCUT2D eigenvalue weighted by Crippen LogP contribution is -2.30. The molecule has 0 unspecified atom stereocenters. The van der Waals surface area contributed by atoms with E-state index < -0.39 is 0 Å². The van der Waals surface area contributed by atoms with Crippen LogP contribution in [0, 0.1) is 13.8 Å². The smallest absolute Gasteiger partial charge is 0.260 e. The Morgan fingerprint density at radius 3 is 2.52 bits per heavy atom. The van der Waals surface area contributed by atoms with E-state index in [1.807, 2.05) is 30.3 Å². The van der Waals surface area contributed by atoms with Gasteiger partial charge in [0.1, 0.15) is 13.2 Å². The van der Waals surface area contributed by atoms with E-state index >= 15 is 0 Å². The summed E-state index contributed by atoms with van der Waals surface area (Å²) in [6.45, 7) is 5.61. The van der Waals surface area contributed by atoms with E-state index in [4.69, 9.17) is 14.5 Å². The molecule has 0 saturated heterocycles. The van der Waals surface area contributed by atoms with Gasteiger partial charge in [-0.05, 0) is 60.9 Å². The Morgan fingerprint density at radius 1 is 0.968 bits per heavy atom. The first kappa shape index (κ1) is 19.6. The average Bonchev–Trinajstić information content (AvgIpc) is 3.20. The summed E-state index contributed by atoms with van der Waals surface area (Å²) >= 11 is 1.54. The molecule has 0 radical (unpaired) electrons. The monoisotopic (exact) mass is 430 g/mol. The van der Waals surface area contributed by atoms with Crippen LogP contribution < -0.4 is 14.4 Å². The number of benzene rings is 3. The number of carbonyl (C=O) groups excluding carboxylic acids is 1. The van der Waals surface area contributed by atoms with Crippen LogP contribution in [0.15, 0.2) is 60.7 Å². The van der Waals surface area contributed by atoms with Crippen LogP contribution in [0.4, 0.5) is 5.13 Å². The molecule has 5 nitrogen and oxygen atoms in total. The van der Waals surface area contributed by atoms with Crippen molar-refractivity contribution in [1.29, 1.82) is 0 Å². The molecule has 156 valence electrons. The zero-order valence-corrected chi connectivity index (χ0v) is 18.2. The van der Waals surface area contributed by atoms with Crippen LogP contribution in [0.25, 0.3) is 10.2 Å². The van der Waals surface area contributed by atoms with Crippen molar-refractivity contribution in [1.82, 2.24) is 4.98 Å². The normalized spacial score (nSPS) is 12.7. The molecule has 1 aliphatic rings. The van der Waals surface area contributed by atoms with Gasteiger partial charge in [-0.25, -0.2) is 4.98 Å². The standard InChI is InChI=1S/C25H22N2O3S/c1-16-12-20-23(13-17(16)2)31-25(26-20)27(15-18-6-4-3-5-7-18)24(28)19-8-9-21-22(14-19)30-11-10-29-21/h3-9,12-14H,10-11,15H2,1-2H3. The molecule has 1 aromatic heterocycles. The summed E-state index contributed by atoms with van der Waals surface area (Å²) in [6, 6.07) is 19.5. The Labute approximate surface area is 184 Å². The number of aryl methyl sites for hydroxylation is 2. The molecule has 0 aliphatic carbocycles. The molecule has 0 bridgehead atoms. The van der Waals surface area contributed by atoms with Crippen LogP contribution >= 0.6 is 11.3 Å². The second-order valence-electron chi connectivity index (χ2n) is 7.64. The van der Waals surface area contributed by atoms with Crippen molar-refractivity contribution in [2.45, 2.75) is 20.4 Å². The first-order valence-electron chi connectivity index (χ1n) is 10.2. The molecular weight excluding hydrogens is 408 g/mol. The molecule has 4 aromatic rings. The number of amides is 1. The number of aromatic nitrogens is 1. The first-order chi connectivity index (χ1) is 15.1. The zero-order chi connectivity index (χ0) is 21.4. The van der Waals surface area contributed by atoms with E-state index in [-0.39, 0.29) is 5.91 Å². The molecule has 6 heteroatoms. The van der Waals surface area contributed by atoms with Crippen LogP contribution in [0.5, 0.6) is 11.5 Å². The van der Waals surface area contributed by atoms with E-state index in [0.29, 0.717) is 42.0 Å². The average molecular weight is 431 g/mol. The van der Waals surface area contributed by atoms with Gasteiger partial charge in [0.2, 0.25) is 0 Å². The predicted octanol–water partition coefficient (Wildman–Crippen LogP) is 5.53. The second-order valence-corrected chi connectivity index (χ2v) is 8.65. The highest BCUT2D eigenvalue weighted by Gasteiger charge is 2.24. The molecule has 2 heterocycles. The SMILES string of the molecule is Cc1cc2nc(N(Cc3ccccc3)C(=O)c3ccc4c(c3)OCCO4)sc2cc1C. The summed E-state index contributed by atoms with van der Waals surface area (Å²) < 4.78 is 12.4. The van der Waals surface area contributed by atoms with Gasteiger partial charge >= 0.3 is 0 Å². The predicted molar refractivity (Wildman–Crippen MR) is 123 cm³/mol. The number of anilines is 1. The lowest BCUT2D eigenvalue weighted by Gasteiger charge is -2.22. The van der Waals surface area contributed by atoms with Crippen LogP contribution in [-0.2, 0) is 6.54 Å². The van der Waals surface area contributed by atoms with E-state index in [2.05, 4.69) is 26.0 Å². The van der Waals surface area contributed by atoms with Crippen molar-refractivity contribution in [2.75, 3.05) is 18.1 Å². The van der Waals surface area contributed by atoms with Crippen molar-refractivity contribution in [3.05, 3.63) is 82.9 Å². The maximum absolute atomic E-state index is 13.6. The van der Waals surface area contributed by atoms with E-state index in [9.17, 15) is 4.79 Å². The largest absolute Gasteiger partial charge is 0.486 e. The summed E-state index contributed by atoms with van der Waals surface area (Å²) in [6.07, 6.45) is 0. The highest BCUT2D eigenvalue weighted by atomic mass is 32.1. The number of thiazole rings is 1. The van der Waals surface area contributed by atoms with Crippen LogP contribution in [0.1, 0.15) is 27.0 Å². The Kier molecular flexibility index (Phi) is 5.08. The topological polar surface area (TPSA) is 51.7 Å². The van der Waals surface area contributed by atoms with Crippen LogP contribution in [0.2, 0.25) is 0 Å². The molecular formula is C25H22N2O3S. The fourth-order valence-electron chi connectivity index (χ4n) is 3.61. The van der Waals surface area contributed by atoms with Gasteiger partial charge in [-0.2, -0.15) is 0 Å². The molecule has 3 aromatic carbocycles. The molecule has 31 heavy (non-hydrogen) atoms. The summed E-state index contributed by atoms with van der Waals surface area (Å²) in [5, 5.41) is 0.684. The van der Waals surface area contributed by atoms with Gasteiger partial charge in [0.05, 0.1) is 16.8 Å². The number of rotatable bonds is 4. The molecule has 0 saturated carbocycles. The van der Waals surface area contributed by atoms with Gasteiger partial charge in [-0.15, -0.1) is 0 Å². The quantitative estimate of drug-likeness (QED) is 0.427. The Hall–Kier alpha value is -3.38. The van der Waals surface area contributed by atoms with Gasteiger partial charge in [-0.3, -0.25) is 9.69 Å². The summed E-state index contributed by atoms with van der Waals surface area (Å²) in [4.78, 5) is 20.2. The number of hydrogen-bond donors (Lipinski definition) is 0. The fourth-order valence-corrected chi connectivity index (χ4v) is 4.65. The summed E-state index contributed by atoms with van der Waals surface area (Å²) in [5.41, 5.74) is 4.91. The van der Waals surface area contributed by atoms with Gasteiger partial charge in [0.25, 0.3) is 5.91 Å². The Balaban J connectivity index is 1.56. The second kappa shape index (κ2) is 8.04. The lowest BCUT2D eigenvalue weighted by atomic mass is 10.1. The molecule has 0 fully saturated rings. The number of nitrogens with zero attached hydrogens (tertiary/aromatic N) is 2. The molecule has 5 rings (SSSR count). The zero-order valence-electron chi connectivity index (χ0n) is 17.4. The van der Waals surface area contributed by atoms with E-state index in [0.717, 1.165) is 15.8 Å². The van der Waals surface area contributed by atoms with Crippen molar-refractivity contribution >= 4 is 32.6 Å². The number of carbonyl (C=O) groups is 1. The van der Waals surface area contributed by atoms with Gasteiger partial charge < -0.3 is 9.47 Å². The molecule has 1 amide bonds. The number of hydrogen-bond acceptors (Lipinski definition) is 5. The molecule has 0 N–H and O–H groups in total. The van der Waals surface area contributed by atoms with E-state index in [1.54, 1.807) is 23.1 Å². The lowest BCUT2D eigenvalue weighted by molar-refractivity contribution is 0.0984. The highest BCUT2D eigenvalue weighted by Crippen LogP contribution is 2.35. The number of ether oxygens (including phenoxy) is 2. The summed E-state index contributed by atoms with van der Waals surface area (Å²) in [7, 11) is 0. The third kappa shape index (κ3) is 3.86. The Morgan fingerprint density at radius 2 is 1.71 bits per heavy atom. The minimum atomic E-state index is -0.117. The first-order valence-corrected chi connectivity index (χ1v) is 11.0. The minimum absolute atomic E-state index is 0.117. The molecule has 1 aliphatic heterocycles. The molecule has 0 atom stereocenters. The van der Waals surface area contributed by atoms with Gasteiger partial charge in [-0.1, -0.05) is 41.7 Å². The van der Waals surface area contributed by atoms with Gasteiger partial charge in [0, 0.05) is 5.56 Å². The fraction of sp³-hybridized carbons (Fsp3) is 0.200. The maximum Gasteiger partial charge on any atom is 0.260 e. The van der Waals surface area contributed by atoms with Crippen molar-refractivity contribution < 1.29 is 14.3 Å². The Bertz CT molecular complexity index is 1230. The third-order valence-corrected chi connectivity index (χ3v) is 6.48. The van der Waals surface area contributed by atoms with Crippen molar-refractivity contribution in [3.63, 3.8) is 0 Å². The van der Waals surface area contributed by atoms with Crippen molar-refractivity contribution in [2.24, 2.45) is 0 Å². The van der Waals surface area contributed by atoms with Crippen LogP contribution in [0.3, 0.4) is 0 Å². The highest BCUT2D eigenvalue weighted by molar-refractivity contribution is 7.22. The number of fused-ring (bicyclic) bond motifs is 2. The van der Waals surface area contributed by atoms with Crippen LogP contribution in [-0.4, -0.2) is 24.1 Å². The molecule has 0 spiro atoms. The van der Waals surface area contributed by atoms with Crippen molar-refractivity contribution in [3.8, 4) is 11.5 Å². The third-order valence-electron chi connectivity index (χ3n) is 5.44. The van der Waals surface area contributed by atoms with E-state index in [1.165, 1.54) is 22.5 Å². The minimum Gasteiger partial charge on any atom is -0.486 e.